The molecule has 6 heteroatoms. The van der Waals surface area contributed by atoms with E-state index in [1.807, 2.05) is 0 Å². The van der Waals surface area contributed by atoms with E-state index in [4.69, 9.17) is 11.6 Å². The molecule has 1 N–H and O–H groups in total. The van der Waals surface area contributed by atoms with Gasteiger partial charge in [-0.15, -0.1) is 0 Å². The third-order valence-electron chi connectivity index (χ3n) is 4.38. The zero-order valence-corrected chi connectivity index (χ0v) is 14.8. The smallest absolute Gasteiger partial charge is 0.329 e. The zero-order chi connectivity index (χ0) is 18.6. The van der Waals surface area contributed by atoms with Crippen molar-refractivity contribution in [2.24, 2.45) is 0 Å². The molecule has 0 heterocycles. The van der Waals surface area contributed by atoms with Crippen LogP contribution in [0.5, 0.6) is 0 Å². The number of carbonyl (C=O) groups is 2. The molecule has 0 bridgehead atoms. The standard InChI is InChI=1S/C19H19ClFNO3/c1-3-19(4-2,18(24)25)22(14-10-11-16(21)15(20)12-14)17(23)13-8-6-5-7-9-13/h5-12H,3-4H2,1-2H3,(H,24,25). The molecular weight excluding hydrogens is 345 g/mol. The lowest BCUT2D eigenvalue weighted by Crippen LogP contribution is -2.57. The second kappa shape index (κ2) is 7.66. The van der Waals surface area contributed by atoms with E-state index in [2.05, 4.69) is 0 Å². The average molecular weight is 364 g/mol. The molecule has 0 radical (unpaired) electrons. The Hall–Kier alpha value is -2.40. The molecule has 0 spiro atoms. The molecule has 132 valence electrons. The molecule has 0 atom stereocenters. The van der Waals surface area contributed by atoms with Crippen molar-refractivity contribution >= 4 is 29.2 Å². The summed E-state index contributed by atoms with van der Waals surface area (Å²) in [6.45, 7) is 3.40. The summed E-state index contributed by atoms with van der Waals surface area (Å²) in [5, 5.41) is 9.70. The molecule has 1 amide bonds. The van der Waals surface area contributed by atoms with Gasteiger partial charge in [-0.3, -0.25) is 9.69 Å². The number of anilines is 1. The lowest BCUT2D eigenvalue weighted by Gasteiger charge is -2.39. The summed E-state index contributed by atoms with van der Waals surface area (Å²) in [4.78, 5) is 26.4. The van der Waals surface area contributed by atoms with E-state index in [1.165, 1.54) is 17.0 Å². The topological polar surface area (TPSA) is 57.6 Å². The number of carboxylic acid groups (broad SMARTS) is 1. The van der Waals surface area contributed by atoms with Crippen LogP contribution in [0.25, 0.3) is 0 Å². The molecule has 0 fully saturated rings. The minimum atomic E-state index is -1.46. The van der Waals surface area contributed by atoms with E-state index in [0.717, 1.165) is 6.07 Å². The first-order valence-electron chi connectivity index (χ1n) is 7.95. The molecule has 25 heavy (non-hydrogen) atoms. The van der Waals surface area contributed by atoms with E-state index in [9.17, 15) is 19.1 Å². The van der Waals surface area contributed by atoms with Gasteiger partial charge in [-0.1, -0.05) is 43.6 Å². The van der Waals surface area contributed by atoms with Crippen LogP contribution in [0.4, 0.5) is 10.1 Å². The maximum absolute atomic E-state index is 13.6. The van der Waals surface area contributed by atoms with E-state index < -0.39 is 23.2 Å². The highest BCUT2D eigenvalue weighted by Crippen LogP contribution is 2.34. The maximum Gasteiger partial charge on any atom is 0.329 e. The lowest BCUT2D eigenvalue weighted by molar-refractivity contribution is -0.143. The number of nitrogens with zero attached hydrogens (tertiary/aromatic N) is 1. The molecule has 0 aliphatic carbocycles. The van der Waals surface area contributed by atoms with Crippen LogP contribution in [0.15, 0.2) is 48.5 Å². The minimum Gasteiger partial charge on any atom is -0.479 e. The summed E-state index contributed by atoms with van der Waals surface area (Å²) < 4.78 is 13.6. The van der Waals surface area contributed by atoms with Crippen LogP contribution in [0.2, 0.25) is 5.02 Å². The van der Waals surface area contributed by atoms with Crippen molar-refractivity contribution < 1.29 is 19.1 Å². The second-order valence-electron chi connectivity index (χ2n) is 5.65. The highest BCUT2D eigenvalue weighted by molar-refractivity contribution is 6.31. The zero-order valence-electron chi connectivity index (χ0n) is 14.0. The van der Waals surface area contributed by atoms with Crippen molar-refractivity contribution in [1.82, 2.24) is 0 Å². The Bertz CT molecular complexity index is 775. The molecule has 2 rings (SSSR count). The Kier molecular flexibility index (Phi) is 5.80. The Morgan fingerprint density at radius 3 is 2.20 bits per heavy atom. The van der Waals surface area contributed by atoms with Gasteiger partial charge in [0.05, 0.1) is 5.02 Å². The van der Waals surface area contributed by atoms with Crippen molar-refractivity contribution in [1.29, 1.82) is 0 Å². The predicted octanol–water partition coefficient (Wildman–Crippen LogP) is 4.77. The van der Waals surface area contributed by atoms with Crippen molar-refractivity contribution in [3.63, 3.8) is 0 Å². The van der Waals surface area contributed by atoms with Crippen LogP contribution < -0.4 is 4.90 Å². The molecule has 0 unspecified atom stereocenters. The highest BCUT2D eigenvalue weighted by atomic mass is 35.5. The van der Waals surface area contributed by atoms with Gasteiger partial charge in [-0.2, -0.15) is 0 Å². The van der Waals surface area contributed by atoms with Gasteiger partial charge in [-0.05, 0) is 43.2 Å². The number of hydrogen-bond acceptors (Lipinski definition) is 2. The first kappa shape index (κ1) is 18.9. The van der Waals surface area contributed by atoms with Gasteiger partial charge in [0, 0.05) is 11.3 Å². The van der Waals surface area contributed by atoms with Crippen molar-refractivity contribution in [3.8, 4) is 0 Å². The molecule has 0 saturated heterocycles. The number of hydrogen-bond donors (Lipinski definition) is 1. The van der Waals surface area contributed by atoms with Crippen LogP contribution in [-0.2, 0) is 4.79 Å². The van der Waals surface area contributed by atoms with Gasteiger partial charge in [0.2, 0.25) is 0 Å². The summed E-state index contributed by atoms with van der Waals surface area (Å²) in [5.74, 6) is -2.23. The Morgan fingerprint density at radius 1 is 1.12 bits per heavy atom. The Morgan fingerprint density at radius 2 is 1.72 bits per heavy atom. The van der Waals surface area contributed by atoms with Gasteiger partial charge in [0.25, 0.3) is 5.91 Å². The maximum atomic E-state index is 13.6. The summed E-state index contributed by atoms with van der Waals surface area (Å²) in [5.41, 5.74) is -0.879. The summed E-state index contributed by atoms with van der Waals surface area (Å²) in [7, 11) is 0. The van der Waals surface area contributed by atoms with Crippen LogP contribution in [-0.4, -0.2) is 22.5 Å². The van der Waals surface area contributed by atoms with Crippen LogP contribution in [0.1, 0.15) is 37.0 Å². The molecule has 0 aromatic heterocycles. The van der Waals surface area contributed by atoms with E-state index in [0.29, 0.717) is 5.56 Å². The van der Waals surface area contributed by atoms with Crippen molar-refractivity contribution in [2.75, 3.05) is 4.90 Å². The van der Waals surface area contributed by atoms with Crippen molar-refractivity contribution in [2.45, 2.75) is 32.2 Å². The SMILES string of the molecule is CCC(CC)(C(=O)O)N(C(=O)c1ccccc1)c1ccc(F)c(Cl)c1. The molecule has 4 nitrogen and oxygen atoms in total. The number of amides is 1. The molecule has 2 aromatic carbocycles. The van der Waals surface area contributed by atoms with Gasteiger partial charge in [0.1, 0.15) is 11.4 Å². The van der Waals surface area contributed by atoms with Gasteiger partial charge >= 0.3 is 5.97 Å². The van der Waals surface area contributed by atoms with E-state index >= 15 is 0 Å². The van der Waals surface area contributed by atoms with Gasteiger partial charge < -0.3 is 5.11 Å². The van der Waals surface area contributed by atoms with E-state index in [1.54, 1.807) is 44.2 Å². The molecule has 0 saturated carbocycles. The summed E-state index contributed by atoms with van der Waals surface area (Å²) in [6, 6.07) is 12.1. The fourth-order valence-electron chi connectivity index (χ4n) is 2.86. The molecule has 0 aliphatic rings. The van der Waals surface area contributed by atoms with E-state index in [-0.39, 0.29) is 23.6 Å². The normalized spacial score (nSPS) is 11.2. The fraction of sp³-hybridized carbons (Fsp3) is 0.263. The number of carbonyl (C=O) groups excluding carboxylic acids is 1. The lowest BCUT2D eigenvalue weighted by atomic mass is 9.89. The number of halogens is 2. The molecule has 0 aliphatic heterocycles. The summed E-state index contributed by atoms with van der Waals surface area (Å²) in [6.07, 6.45) is 0.374. The number of benzene rings is 2. The summed E-state index contributed by atoms with van der Waals surface area (Å²) >= 11 is 5.86. The molecule has 2 aromatic rings. The minimum absolute atomic E-state index is 0.171. The van der Waals surface area contributed by atoms with Gasteiger partial charge in [0.15, 0.2) is 0 Å². The van der Waals surface area contributed by atoms with Gasteiger partial charge in [-0.25, -0.2) is 9.18 Å². The number of rotatable bonds is 6. The molecular formula is C19H19ClFNO3. The third kappa shape index (κ3) is 3.51. The average Bonchev–Trinajstić information content (AvgIpc) is 2.62. The largest absolute Gasteiger partial charge is 0.479 e. The quantitative estimate of drug-likeness (QED) is 0.804. The first-order chi connectivity index (χ1) is 11.9. The van der Waals surface area contributed by atoms with Crippen LogP contribution in [0, 0.1) is 5.82 Å². The number of carboxylic acids is 1. The fourth-order valence-corrected chi connectivity index (χ4v) is 3.03. The first-order valence-corrected chi connectivity index (χ1v) is 8.33. The Balaban J connectivity index is 2.68. The second-order valence-corrected chi connectivity index (χ2v) is 6.06. The third-order valence-corrected chi connectivity index (χ3v) is 4.67. The van der Waals surface area contributed by atoms with Crippen LogP contribution >= 0.6 is 11.6 Å². The highest BCUT2D eigenvalue weighted by Gasteiger charge is 2.45. The predicted molar refractivity (Wildman–Crippen MR) is 95.6 cm³/mol. The van der Waals surface area contributed by atoms with Crippen LogP contribution in [0.3, 0.4) is 0 Å². The van der Waals surface area contributed by atoms with Crippen molar-refractivity contribution in [3.05, 3.63) is 64.9 Å². The Labute approximate surface area is 150 Å². The number of aliphatic carboxylic acids is 1. The monoisotopic (exact) mass is 363 g/mol.